The zero-order valence-corrected chi connectivity index (χ0v) is 18.2. The molecule has 0 radical (unpaired) electrons. The van der Waals surface area contributed by atoms with E-state index in [2.05, 4.69) is 21.2 Å². The summed E-state index contributed by atoms with van der Waals surface area (Å²) in [5, 5.41) is 2.92. The summed E-state index contributed by atoms with van der Waals surface area (Å²) in [7, 11) is 0. The molecule has 0 aliphatic carbocycles. The van der Waals surface area contributed by atoms with Gasteiger partial charge in [0.25, 0.3) is 5.91 Å². The fraction of sp³-hybridized carbons (Fsp3) is 0.316. The Morgan fingerprint density at radius 3 is 2.62 bits per heavy atom. The van der Waals surface area contributed by atoms with Crippen LogP contribution in [0.2, 0.25) is 5.02 Å². The number of amides is 2. The third-order valence-electron chi connectivity index (χ3n) is 3.76. The van der Waals surface area contributed by atoms with Gasteiger partial charge in [-0.3, -0.25) is 14.9 Å². The monoisotopic (exact) mass is 486 g/mol. The maximum atomic E-state index is 12.2. The number of carbonyl (C=O) groups excluding carboxylic acids is 3. The highest BCUT2D eigenvalue weighted by Crippen LogP contribution is 2.29. The summed E-state index contributed by atoms with van der Waals surface area (Å²) < 4.78 is 16.6. The van der Waals surface area contributed by atoms with Gasteiger partial charge in [-0.25, -0.2) is 4.79 Å². The Balaban J connectivity index is 1.97. The number of furan rings is 1. The number of nitrogens with two attached hydrogens (primary N) is 1. The smallest absolute Gasteiger partial charge is 0.342 e. The second kappa shape index (κ2) is 10.3. The molecule has 156 valence electrons. The van der Waals surface area contributed by atoms with E-state index in [0.717, 1.165) is 4.47 Å². The van der Waals surface area contributed by atoms with Gasteiger partial charge in [-0.15, -0.1) is 0 Å². The van der Waals surface area contributed by atoms with Gasteiger partial charge >= 0.3 is 5.97 Å². The minimum atomic E-state index is -0.909. The van der Waals surface area contributed by atoms with Crippen LogP contribution in [0.3, 0.4) is 0 Å². The van der Waals surface area contributed by atoms with Crippen LogP contribution in [0.25, 0.3) is 0 Å². The van der Waals surface area contributed by atoms with E-state index in [1.807, 2.05) is 0 Å². The van der Waals surface area contributed by atoms with E-state index in [1.54, 1.807) is 25.1 Å². The normalized spacial score (nSPS) is 10.5. The number of nitrogens with one attached hydrogen (secondary N) is 1. The molecule has 10 heteroatoms. The molecule has 1 aromatic carbocycles. The van der Waals surface area contributed by atoms with E-state index in [4.69, 9.17) is 31.2 Å². The van der Waals surface area contributed by atoms with Crippen LogP contribution in [0.5, 0.6) is 5.75 Å². The number of halogens is 2. The Labute approximate surface area is 180 Å². The number of hydrogen-bond acceptors (Lipinski definition) is 6. The molecule has 2 amide bonds. The summed E-state index contributed by atoms with van der Waals surface area (Å²) in [5.74, 6) is -1.63. The Morgan fingerprint density at radius 2 is 2.00 bits per heavy atom. The van der Waals surface area contributed by atoms with Crippen LogP contribution >= 0.6 is 27.5 Å². The molecule has 3 N–H and O–H groups in total. The van der Waals surface area contributed by atoms with Gasteiger partial charge in [0.1, 0.15) is 22.6 Å². The summed E-state index contributed by atoms with van der Waals surface area (Å²) in [5.41, 5.74) is 5.05. The molecule has 2 aromatic rings. The molecule has 0 unspecified atom stereocenters. The summed E-state index contributed by atoms with van der Waals surface area (Å²) in [6.45, 7) is 3.47. The van der Waals surface area contributed by atoms with Crippen LogP contribution < -0.4 is 15.8 Å². The third kappa shape index (κ3) is 5.98. The zero-order valence-electron chi connectivity index (χ0n) is 15.8. The second-order valence-corrected chi connectivity index (χ2v) is 7.22. The molecular formula is C19H20BrClN2O6. The molecule has 1 heterocycles. The minimum absolute atomic E-state index is 0.0842. The highest BCUT2D eigenvalue weighted by molar-refractivity contribution is 9.10. The highest BCUT2D eigenvalue weighted by Gasteiger charge is 2.29. The van der Waals surface area contributed by atoms with Gasteiger partial charge in [0.15, 0.2) is 0 Å². The van der Waals surface area contributed by atoms with Crippen molar-refractivity contribution in [2.75, 3.05) is 18.5 Å². The van der Waals surface area contributed by atoms with Crippen molar-refractivity contribution in [3.05, 3.63) is 44.6 Å². The molecule has 0 saturated carbocycles. The van der Waals surface area contributed by atoms with E-state index in [1.165, 1.54) is 6.92 Å². The molecular weight excluding hydrogens is 468 g/mol. The SMILES string of the molecule is CCOC(=O)c1c(C)oc(NC(=O)CCCOc2ccc(Br)cc2Cl)c1C(N)=O. The lowest BCUT2D eigenvalue weighted by atomic mass is 10.1. The number of carbonyl (C=O) groups is 3. The van der Waals surface area contributed by atoms with E-state index < -0.39 is 17.8 Å². The van der Waals surface area contributed by atoms with Crippen LogP contribution in [0.4, 0.5) is 5.88 Å². The highest BCUT2D eigenvalue weighted by atomic mass is 79.9. The van der Waals surface area contributed by atoms with Crippen LogP contribution in [0.15, 0.2) is 27.1 Å². The fourth-order valence-electron chi connectivity index (χ4n) is 2.51. The average Bonchev–Trinajstić information content (AvgIpc) is 2.96. The minimum Gasteiger partial charge on any atom is -0.492 e. The molecule has 0 atom stereocenters. The molecule has 29 heavy (non-hydrogen) atoms. The first-order chi connectivity index (χ1) is 13.7. The maximum absolute atomic E-state index is 12.2. The zero-order chi connectivity index (χ0) is 21.6. The molecule has 0 spiro atoms. The summed E-state index contributed by atoms with van der Waals surface area (Å²) in [4.78, 5) is 36.0. The lowest BCUT2D eigenvalue weighted by Gasteiger charge is -2.08. The van der Waals surface area contributed by atoms with Crippen molar-refractivity contribution in [3.63, 3.8) is 0 Å². The Hall–Kier alpha value is -2.52. The Kier molecular flexibility index (Phi) is 8.10. The van der Waals surface area contributed by atoms with Crippen LogP contribution in [-0.4, -0.2) is 31.0 Å². The van der Waals surface area contributed by atoms with Gasteiger partial charge in [-0.1, -0.05) is 27.5 Å². The predicted molar refractivity (Wildman–Crippen MR) is 110 cm³/mol. The number of ether oxygens (including phenoxy) is 2. The number of aryl methyl sites for hydroxylation is 1. The summed E-state index contributed by atoms with van der Waals surface area (Å²) in [6.07, 6.45) is 0.468. The van der Waals surface area contributed by atoms with E-state index in [-0.39, 0.29) is 42.4 Å². The Bertz CT molecular complexity index is 928. The largest absolute Gasteiger partial charge is 0.492 e. The van der Waals surface area contributed by atoms with Crippen molar-refractivity contribution in [1.82, 2.24) is 0 Å². The second-order valence-electron chi connectivity index (χ2n) is 5.90. The van der Waals surface area contributed by atoms with Gasteiger partial charge in [0.2, 0.25) is 11.8 Å². The molecule has 1 aromatic heterocycles. The van der Waals surface area contributed by atoms with E-state index in [0.29, 0.717) is 17.2 Å². The van der Waals surface area contributed by atoms with Crippen molar-refractivity contribution >= 4 is 51.2 Å². The first-order valence-electron chi connectivity index (χ1n) is 8.72. The van der Waals surface area contributed by atoms with Crippen molar-refractivity contribution < 1.29 is 28.3 Å². The Morgan fingerprint density at radius 1 is 1.28 bits per heavy atom. The third-order valence-corrected chi connectivity index (χ3v) is 4.55. The number of anilines is 1. The summed E-state index contributed by atoms with van der Waals surface area (Å²) >= 11 is 9.37. The van der Waals surface area contributed by atoms with Crippen LogP contribution in [-0.2, 0) is 9.53 Å². The number of hydrogen-bond donors (Lipinski definition) is 2. The van der Waals surface area contributed by atoms with Gasteiger partial charge in [0, 0.05) is 10.9 Å². The van der Waals surface area contributed by atoms with Crippen molar-refractivity contribution in [2.45, 2.75) is 26.7 Å². The first-order valence-corrected chi connectivity index (χ1v) is 9.89. The lowest BCUT2D eigenvalue weighted by Crippen LogP contribution is -2.20. The maximum Gasteiger partial charge on any atom is 0.342 e. The van der Waals surface area contributed by atoms with E-state index >= 15 is 0 Å². The van der Waals surface area contributed by atoms with Crippen molar-refractivity contribution in [1.29, 1.82) is 0 Å². The molecule has 0 bridgehead atoms. The first kappa shape index (κ1) is 22.8. The molecule has 8 nitrogen and oxygen atoms in total. The van der Waals surface area contributed by atoms with Crippen molar-refractivity contribution in [2.24, 2.45) is 5.73 Å². The average molecular weight is 488 g/mol. The summed E-state index contributed by atoms with van der Waals surface area (Å²) in [6, 6.07) is 5.21. The van der Waals surface area contributed by atoms with Gasteiger partial charge in [-0.2, -0.15) is 0 Å². The van der Waals surface area contributed by atoms with Gasteiger partial charge in [-0.05, 0) is 38.5 Å². The fourth-order valence-corrected chi connectivity index (χ4v) is 3.24. The van der Waals surface area contributed by atoms with Crippen LogP contribution in [0.1, 0.15) is 46.2 Å². The lowest BCUT2D eigenvalue weighted by molar-refractivity contribution is -0.116. The number of primary amides is 1. The number of esters is 1. The standard InChI is InChI=1S/C19H20BrClN2O6/c1-3-27-19(26)15-10(2)29-18(16(15)17(22)25)23-14(24)5-4-8-28-13-7-6-11(20)9-12(13)21/h6-7,9H,3-5,8H2,1-2H3,(H2,22,25)(H,23,24). The van der Waals surface area contributed by atoms with E-state index in [9.17, 15) is 14.4 Å². The quantitative estimate of drug-likeness (QED) is 0.406. The molecule has 2 rings (SSSR count). The molecule has 0 saturated heterocycles. The molecule has 0 aliphatic heterocycles. The van der Waals surface area contributed by atoms with Crippen LogP contribution in [0, 0.1) is 6.92 Å². The van der Waals surface area contributed by atoms with Gasteiger partial charge in [0.05, 0.1) is 18.2 Å². The molecule has 0 fully saturated rings. The number of benzene rings is 1. The van der Waals surface area contributed by atoms with Gasteiger partial charge < -0.3 is 19.6 Å². The van der Waals surface area contributed by atoms with Crippen molar-refractivity contribution in [3.8, 4) is 5.75 Å². The number of rotatable bonds is 9. The topological polar surface area (TPSA) is 121 Å². The predicted octanol–water partition coefficient (Wildman–Crippen LogP) is 4.08. The molecule has 0 aliphatic rings.